The van der Waals surface area contributed by atoms with Crippen LogP contribution in [-0.2, 0) is 7.05 Å². The molecule has 84 valence electrons. The van der Waals surface area contributed by atoms with Gasteiger partial charge in [0.15, 0.2) is 0 Å². The highest BCUT2D eigenvalue weighted by molar-refractivity contribution is 7.99. The number of aryl methyl sites for hydroxylation is 3. The van der Waals surface area contributed by atoms with Crippen molar-refractivity contribution in [2.45, 2.75) is 23.8 Å². The number of nitrogens with zero attached hydrogens (tertiary/aromatic N) is 2. The zero-order valence-electron chi connectivity index (χ0n) is 9.69. The number of hydrogen-bond acceptors (Lipinski definition) is 3. The van der Waals surface area contributed by atoms with Gasteiger partial charge < -0.3 is 5.73 Å². The van der Waals surface area contributed by atoms with Crippen molar-refractivity contribution >= 4 is 17.4 Å². The quantitative estimate of drug-likeness (QED) is 0.811. The molecule has 0 spiro atoms. The summed E-state index contributed by atoms with van der Waals surface area (Å²) in [4.78, 5) is 1.15. The van der Waals surface area contributed by atoms with Crippen molar-refractivity contribution < 1.29 is 0 Å². The molecule has 2 rings (SSSR count). The average molecular weight is 233 g/mol. The number of anilines is 1. The summed E-state index contributed by atoms with van der Waals surface area (Å²) in [6.07, 6.45) is 0. The summed E-state index contributed by atoms with van der Waals surface area (Å²) in [5.41, 5.74) is 8.84. The van der Waals surface area contributed by atoms with E-state index >= 15 is 0 Å². The molecular weight excluding hydrogens is 218 g/mol. The van der Waals surface area contributed by atoms with Crippen LogP contribution in [0.15, 0.2) is 34.2 Å². The van der Waals surface area contributed by atoms with Gasteiger partial charge in [0.05, 0.1) is 10.7 Å². The predicted octanol–water partition coefficient (Wildman–Crippen LogP) is 2.77. The molecular formula is C12H15N3S. The fourth-order valence-corrected chi connectivity index (χ4v) is 2.72. The van der Waals surface area contributed by atoms with Gasteiger partial charge in [-0.3, -0.25) is 4.68 Å². The van der Waals surface area contributed by atoms with Crippen LogP contribution < -0.4 is 5.73 Å². The van der Waals surface area contributed by atoms with E-state index in [-0.39, 0.29) is 0 Å². The Morgan fingerprint density at radius 3 is 2.50 bits per heavy atom. The van der Waals surface area contributed by atoms with Crippen LogP contribution in [0.25, 0.3) is 0 Å². The van der Waals surface area contributed by atoms with Crippen molar-refractivity contribution in [1.29, 1.82) is 0 Å². The largest absolute Gasteiger partial charge is 0.399 e. The Balaban J connectivity index is 2.30. The molecule has 0 fully saturated rings. The molecule has 0 saturated carbocycles. The van der Waals surface area contributed by atoms with E-state index < -0.39 is 0 Å². The van der Waals surface area contributed by atoms with E-state index in [1.54, 1.807) is 11.8 Å². The second-order valence-corrected chi connectivity index (χ2v) is 5.02. The molecule has 0 unspecified atom stereocenters. The Morgan fingerprint density at radius 1 is 1.19 bits per heavy atom. The molecule has 0 aliphatic rings. The van der Waals surface area contributed by atoms with E-state index in [2.05, 4.69) is 24.2 Å². The molecule has 0 saturated heterocycles. The minimum Gasteiger partial charge on any atom is -0.399 e. The molecule has 16 heavy (non-hydrogen) atoms. The maximum absolute atomic E-state index is 5.82. The van der Waals surface area contributed by atoms with Crippen LogP contribution in [0.4, 0.5) is 5.69 Å². The Morgan fingerprint density at radius 2 is 1.94 bits per heavy atom. The van der Waals surface area contributed by atoms with Gasteiger partial charge in [-0.15, -0.1) is 0 Å². The Kier molecular flexibility index (Phi) is 2.92. The van der Waals surface area contributed by atoms with Crippen molar-refractivity contribution in [3.05, 3.63) is 35.5 Å². The van der Waals surface area contributed by atoms with Crippen molar-refractivity contribution in [2.75, 3.05) is 5.73 Å². The Labute approximate surface area is 99.7 Å². The third-order valence-corrected chi connectivity index (χ3v) is 3.32. The first-order chi connectivity index (χ1) is 7.54. The molecule has 1 aromatic carbocycles. The number of aromatic nitrogens is 2. The summed E-state index contributed by atoms with van der Waals surface area (Å²) in [7, 11) is 1.95. The highest BCUT2D eigenvalue weighted by Crippen LogP contribution is 2.29. The topological polar surface area (TPSA) is 43.8 Å². The van der Waals surface area contributed by atoms with E-state index in [9.17, 15) is 0 Å². The Hall–Kier alpha value is -1.42. The molecule has 2 aromatic rings. The van der Waals surface area contributed by atoms with E-state index in [1.807, 2.05) is 30.8 Å². The van der Waals surface area contributed by atoms with Gasteiger partial charge in [-0.25, -0.2) is 0 Å². The normalized spacial score (nSPS) is 10.7. The van der Waals surface area contributed by atoms with E-state index in [0.717, 1.165) is 21.3 Å². The maximum Gasteiger partial charge on any atom is 0.0986 e. The molecule has 1 heterocycles. The first-order valence-electron chi connectivity index (χ1n) is 5.10. The molecule has 0 aliphatic heterocycles. The van der Waals surface area contributed by atoms with Crippen LogP contribution >= 0.6 is 11.8 Å². The molecule has 3 nitrogen and oxygen atoms in total. The summed E-state index contributed by atoms with van der Waals surface area (Å²) in [5, 5.41) is 5.44. The first-order valence-corrected chi connectivity index (χ1v) is 5.92. The van der Waals surface area contributed by atoms with Crippen LogP contribution in [0, 0.1) is 13.8 Å². The zero-order chi connectivity index (χ0) is 11.7. The number of hydrogen-bond donors (Lipinski definition) is 1. The minimum atomic E-state index is 0.807. The first kappa shape index (κ1) is 11.1. The monoisotopic (exact) mass is 233 g/mol. The van der Waals surface area contributed by atoms with Crippen LogP contribution in [0.5, 0.6) is 0 Å². The third kappa shape index (κ3) is 2.39. The Bertz CT molecular complexity index is 497. The van der Waals surface area contributed by atoms with Crippen LogP contribution in [0.3, 0.4) is 0 Å². The SMILES string of the molecule is Cc1cc(N)cc(Sc2cc(C)nn2C)c1. The zero-order valence-corrected chi connectivity index (χ0v) is 10.5. The molecule has 2 N–H and O–H groups in total. The molecule has 0 bridgehead atoms. The lowest BCUT2D eigenvalue weighted by atomic mass is 10.2. The summed E-state index contributed by atoms with van der Waals surface area (Å²) in [5.74, 6) is 0. The van der Waals surface area contributed by atoms with Gasteiger partial charge >= 0.3 is 0 Å². The van der Waals surface area contributed by atoms with Gasteiger partial charge in [-0.2, -0.15) is 5.10 Å². The van der Waals surface area contributed by atoms with Gasteiger partial charge in [-0.05, 0) is 43.7 Å². The third-order valence-electron chi connectivity index (χ3n) is 2.25. The van der Waals surface area contributed by atoms with Gasteiger partial charge in [0.25, 0.3) is 0 Å². The summed E-state index contributed by atoms with van der Waals surface area (Å²) >= 11 is 1.68. The van der Waals surface area contributed by atoms with Crippen molar-refractivity contribution in [3.63, 3.8) is 0 Å². The predicted molar refractivity (Wildman–Crippen MR) is 67.7 cm³/mol. The summed E-state index contributed by atoms with van der Waals surface area (Å²) in [6, 6.07) is 8.16. The molecule has 1 aromatic heterocycles. The standard InChI is InChI=1S/C12H15N3S/c1-8-4-10(13)7-11(5-8)16-12-6-9(2)14-15(12)3/h4-7H,13H2,1-3H3. The number of rotatable bonds is 2. The van der Waals surface area contributed by atoms with Crippen molar-refractivity contribution in [1.82, 2.24) is 9.78 Å². The smallest absolute Gasteiger partial charge is 0.0986 e. The second kappa shape index (κ2) is 4.22. The van der Waals surface area contributed by atoms with Crippen LogP contribution in [-0.4, -0.2) is 9.78 Å². The molecule has 0 amide bonds. The summed E-state index contributed by atoms with van der Waals surface area (Å²) < 4.78 is 1.89. The minimum absolute atomic E-state index is 0.807. The van der Waals surface area contributed by atoms with Crippen molar-refractivity contribution in [3.8, 4) is 0 Å². The van der Waals surface area contributed by atoms with E-state index in [0.29, 0.717) is 0 Å². The van der Waals surface area contributed by atoms with Gasteiger partial charge in [0.2, 0.25) is 0 Å². The number of nitrogens with two attached hydrogens (primary N) is 1. The van der Waals surface area contributed by atoms with E-state index in [4.69, 9.17) is 5.73 Å². The summed E-state index contributed by atoms with van der Waals surface area (Å²) in [6.45, 7) is 4.05. The lowest BCUT2D eigenvalue weighted by Crippen LogP contribution is -1.92. The number of nitrogen functional groups attached to an aromatic ring is 1. The molecule has 0 atom stereocenters. The van der Waals surface area contributed by atoms with Gasteiger partial charge in [-0.1, -0.05) is 11.8 Å². The fourth-order valence-electron chi connectivity index (χ4n) is 1.64. The number of benzene rings is 1. The van der Waals surface area contributed by atoms with Crippen molar-refractivity contribution in [2.24, 2.45) is 7.05 Å². The highest BCUT2D eigenvalue weighted by Gasteiger charge is 2.05. The van der Waals surface area contributed by atoms with E-state index in [1.165, 1.54) is 5.56 Å². The maximum atomic E-state index is 5.82. The molecule has 4 heteroatoms. The molecule has 0 radical (unpaired) electrons. The van der Waals surface area contributed by atoms with Crippen LogP contribution in [0.1, 0.15) is 11.3 Å². The lowest BCUT2D eigenvalue weighted by molar-refractivity contribution is 0.692. The fraction of sp³-hybridized carbons (Fsp3) is 0.250. The lowest BCUT2D eigenvalue weighted by Gasteiger charge is -2.04. The van der Waals surface area contributed by atoms with Gasteiger partial charge in [0.1, 0.15) is 0 Å². The second-order valence-electron chi connectivity index (χ2n) is 3.93. The van der Waals surface area contributed by atoms with Crippen LogP contribution in [0.2, 0.25) is 0 Å². The highest BCUT2D eigenvalue weighted by atomic mass is 32.2. The van der Waals surface area contributed by atoms with Gasteiger partial charge in [0, 0.05) is 17.6 Å². The average Bonchev–Trinajstić information content (AvgIpc) is 2.43. The molecule has 0 aliphatic carbocycles.